The van der Waals surface area contributed by atoms with Crippen molar-refractivity contribution in [3.63, 3.8) is 0 Å². The zero-order chi connectivity index (χ0) is 13.2. The van der Waals surface area contributed by atoms with Crippen molar-refractivity contribution in [1.29, 1.82) is 0 Å². The quantitative estimate of drug-likeness (QED) is 0.714. The number of carbonyl (C=O) groups is 1. The van der Waals surface area contributed by atoms with Crippen molar-refractivity contribution in [2.24, 2.45) is 11.7 Å². The maximum Gasteiger partial charge on any atom is 0.407 e. The number of hydrogen-bond acceptors (Lipinski definition) is 4. The Balaban J connectivity index is 2.65. The minimum Gasteiger partial charge on any atom is -0.453 e. The molecule has 0 aliphatic carbocycles. The highest BCUT2D eigenvalue weighted by Gasteiger charge is 2.37. The Kier molecular flexibility index (Phi) is 4.38. The van der Waals surface area contributed by atoms with E-state index in [-0.39, 0.29) is 17.6 Å². The summed E-state index contributed by atoms with van der Waals surface area (Å²) in [5.41, 5.74) is 6.26. The molecule has 5 heteroatoms. The number of methoxy groups -OCH3 is 1. The standard InChI is InChI=1S/C12H25N3O2/c1-8-6-15(12(2,3)4)7-9(13)10(8)14-11(16)17-5/h8-10H,6-7,13H2,1-5H3,(H,14,16)/t8-,9+,10-/m0/s1. The van der Waals surface area contributed by atoms with Crippen LogP contribution in [0.25, 0.3) is 0 Å². The fraction of sp³-hybridized carbons (Fsp3) is 0.917. The number of hydrogen-bond donors (Lipinski definition) is 2. The molecule has 100 valence electrons. The Morgan fingerprint density at radius 3 is 2.41 bits per heavy atom. The second-order valence-corrected chi connectivity index (χ2v) is 5.88. The Bertz CT molecular complexity index is 263. The molecule has 3 atom stereocenters. The van der Waals surface area contributed by atoms with Gasteiger partial charge in [0.2, 0.25) is 0 Å². The fourth-order valence-electron chi connectivity index (χ4n) is 2.32. The van der Waals surface area contributed by atoms with E-state index in [1.807, 2.05) is 0 Å². The van der Waals surface area contributed by atoms with E-state index in [1.165, 1.54) is 7.11 Å². The van der Waals surface area contributed by atoms with Crippen LogP contribution in [0.5, 0.6) is 0 Å². The molecule has 17 heavy (non-hydrogen) atoms. The summed E-state index contributed by atoms with van der Waals surface area (Å²) in [6.45, 7) is 10.4. The first kappa shape index (κ1) is 14.3. The van der Waals surface area contributed by atoms with Crippen molar-refractivity contribution < 1.29 is 9.53 Å². The lowest BCUT2D eigenvalue weighted by Crippen LogP contribution is -2.64. The zero-order valence-electron chi connectivity index (χ0n) is 11.5. The van der Waals surface area contributed by atoms with Crippen LogP contribution in [-0.2, 0) is 4.74 Å². The molecule has 1 amide bonds. The van der Waals surface area contributed by atoms with Crippen molar-refractivity contribution in [2.45, 2.75) is 45.3 Å². The highest BCUT2D eigenvalue weighted by Crippen LogP contribution is 2.23. The smallest absolute Gasteiger partial charge is 0.407 e. The lowest BCUT2D eigenvalue weighted by atomic mass is 9.87. The second kappa shape index (κ2) is 5.23. The van der Waals surface area contributed by atoms with Crippen LogP contribution < -0.4 is 11.1 Å². The molecule has 1 rings (SSSR count). The molecular formula is C12H25N3O2. The van der Waals surface area contributed by atoms with Crippen molar-refractivity contribution in [1.82, 2.24) is 10.2 Å². The van der Waals surface area contributed by atoms with E-state index in [4.69, 9.17) is 5.73 Å². The molecule has 1 aliphatic heterocycles. The third-order valence-corrected chi connectivity index (χ3v) is 3.43. The largest absolute Gasteiger partial charge is 0.453 e. The minimum absolute atomic E-state index is 0.0129. The maximum absolute atomic E-state index is 11.2. The summed E-state index contributed by atoms with van der Waals surface area (Å²) in [7, 11) is 1.37. The summed E-state index contributed by atoms with van der Waals surface area (Å²) in [5, 5.41) is 2.83. The third kappa shape index (κ3) is 3.57. The number of ether oxygens (including phenoxy) is 1. The highest BCUT2D eigenvalue weighted by molar-refractivity contribution is 5.67. The number of amides is 1. The van der Waals surface area contributed by atoms with Gasteiger partial charge in [-0.1, -0.05) is 6.92 Å². The molecular weight excluding hydrogens is 218 g/mol. The fourth-order valence-corrected chi connectivity index (χ4v) is 2.32. The van der Waals surface area contributed by atoms with Gasteiger partial charge >= 0.3 is 6.09 Å². The maximum atomic E-state index is 11.2. The summed E-state index contributed by atoms with van der Waals surface area (Å²) in [5.74, 6) is 0.317. The lowest BCUT2D eigenvalue weighted by Gasteiger charge is -2.46. The predicted octanol–water partition coefficient (Wildman–Crippen LogP) is 0.789. The number of nitrogens with zero attached hydrogens (tertiary/aromatic N) is 1. The van der Waals surface area contributed by atoms with E-state index in [2.05, 4.69) is 42.6 Å². The molecule has 5 nitrogen and oxygen atoms in total. The molecule has 0 bridgehead atoms. The molecule has 3 N–H and O–H groups in total. The van der Waals surface area contributed by atoms with Gasteiger partial charge in [0.1, 0.15) is 0 Å². The first-order chi connectivity index (χ1) is 7.75. The normalized spacial score (nSPS) is 31.1. The number of alkyl carbamates (subject to hydrolysis) is 1. The van der Waals surface area contributed by atoms with Crippen LogP contribution in [0.3, 0.4) is 0 Å². The zero-order valence-corrected chi connectivity index (χ0v) is 11.5. The van der Waals surface area contributed by atoms with E-state index in [0.717, 1.165) is 13.1 Å². The summed E-state index contributed by atoms with van der Waals surface area (Å²) >= 11 is 0. The van der Waals surface area contributed by atoms with Gasteiger partial charge in [-0.3, -0.25) is 4.90 Å². The Hall–Kier alpha value is -0.810. The lowest BCUT2D eigenvalue weighted by molar-refractivity contribution is 0.0514. The van der Waals surface area contributed by atoms with Gasteiger partial charge in [0, 0.05) is 24.7 Å². The Morgan fingerprint density at radius 2 is 2.00 bits per heavy atom. The first-order valence-corrected chi connectivity index (χ1v) is 6.11. The SMILES string of the molecule is COC(=O)N[C@@H]1[C@H](N)CN(C(C)(C)C)C[C@@H]1C. The minimum atomic E-state index is -0.401. The predicted molar refractivity (Wildman–Crippen MR) is 67.8 cm³/mol. The molecule has 1 heterocycles. The summed E-state index contributed by atoms with van der Waals surface area (Å²) in [6.07, 6.45) is -0.401. The molecule has 0 aromatic heterocycles. The van der Waals surface area contributed by atoms with Gasteiger partial charge in [0.05, 0.1) is 13.2 Å². The Labute approximate surface area is 104 Å². The topological polar surface area (TPSA) is 67.6 Å². The van der Waals surface area contributed by atoms with Crippen LogP contribution in [0, 0.1) is 5.92 Å². The van der Waals surface area contributed by atoms with Crippen molar-refractivity contribution >= 4 is 6.09 Å². The molecule has 0 unspecified atom stereocenters. The van der Waals surface area contributed by atoms with E-state index in [9.17, 15) is 4.79 Å². The first-order valence-electron chi connectivity index (χ1n) is 6.11. The van der Waals surface area contributed by atoms with Crippen LogP contribution in [0.1, 0.15) is 27.7 Å². The van der Waals surface area contributed by atoms with Gasteiger partial charge in [-0.15, -0.1) is 0 Å². The number of rotatable bonds is 1. The van der Waals surface area contributed by atoms with Gasteiger partial charge in [-0.25, -0.2) is 4.79 Å². The van der Waals surface area contributed by atoms with E-state index < -0.39 is 6.09 Å². The van der Waals surface area contributed by atoms with E-state index in [1.54, 1.807) is 0 Å². The van der Waals surface area contributed by atoms with Crippen LogP contribution in [0.2, 0.25) is 0 Å². The van der Waals surface area contributed by atoms with Gasteiger partial charge in [0.15, 0.2) is 0 Å². The van der Waals surface area contributed by atoms with Crippen LogP contribution in [-0.4, -0.2) is 48.8 Å². The molecule has 1 fully saturated rings. The summed E-state index contributed by atoms with van der Waals surface area (Å²) in [6, 6.07) is -0.0712. The Morgan fingerprint density at radius 1 is 1.41 bits per heavy atom. The number of nitrogens with one attached hydrogen (secondary N) is 1. The molecule has 1 saturated heterocycles. The monoisotopic (exact) mass is 243 g/mol. The van der Waals surface area contributed by atoms with Crippen molar-refractivity contribution in [3.8, 4) is 0 Å². The molecule has 0 aromatic carbocycles. The summed E-state index contributed by atoms with van der Waals surface area (Å²) < 4.78 is 4.62. The average Bonchev–Trinajstić information content (AvgIpc) is 2.21. The van der Waals surface area contributed by atoms with Crippen molar-refractivity contribution in [3.05, 3.63) is 0 Å². The third-order valence-electron chi connectivity index (χ3n) is 3.43. The van der Waals surface area contributed by atoms with Gasteiger partial charge in [-0.05, 0) is 26.7 Å². The number of nitrogens with two attached hydrogens (primary N) is 1. The second-order valence-electron chi connectivity index (χ2n) is 5.88. The highest BCUT2D eigenvalue weighted by atomic mass is 16.5. The van der Waals surface area contributed by atoms with Crippen LogP contribution >= 0.6 is 0 Å². The number of carbonyl (C=O) groups excluding carboxylic acids is 1. The van der Waals surface area contributed by atoms with E-state index in [0.29, 0.717) is 5.92 Å². The molecule has 0 aromatic rings. The molecule has 0 spiro atoms. The number of piperidine rings is 1. The molecule has 0 saturated carbocycles. The van der Waals surface area contributed by atoms with Crippen LogP contribution in [0.15, 0.2) is 0 Å². The molecule has 1 aliphatic rings. The van der Waals surface area contributed by atoms with Gasteiger partial charge < -0.3 is 15.8 Å². The number of likely N-dealkylation sites (tertiary alicyclic amines) is 1. The van der Waals surface area contributed by atoms with Gasteiger partial charge in [-0.2, -0.15) is 0 Å². The molecule has 0 radical (unpaired) electrons. The summed E-state index contributed by atoms with van der Waals surface area (Å²) in [4.78, 5) is 13.6. The average molecular weight is 243 g/mol. The van der Waals surface area contributed by atoms with Gasteiger partial charge in [0.25, 0.3) is 0 Å². The van der Waals surface area contributed by atoms with Crippen LogP contribution in [0.4, 0.5) is 4.79 Å². The van der Waals surface area contributed by atoms with E-state index >= 15 is 0 Å². The van der Waals surface area contributed by atoms with Crippen molar-refractivity contribution in [2.75, 3.05) is 20.2 Å².